The Morgan fingerprint density at radius 3 is 2.21 bits per heavy atom. The molecule has 3 atom stereocenters. The van der Waals surface area contributed by atoms with Gasteiger partial charge < -0.3 is 0 Å². The van der Waals surface area contributed by atoms with Crippen molar-refractivity contribution in [3.63, 3.8) is 0 Å². The lowest BCUT2D eigenvalue weighted by molar-refractivity contribution is 0.380. The molecule has 1 aliphatic carbocycles. The van der Waals surface area contributed by atoms with Crippen LogP contribution in [0, 0.1) is 5.92 Å². The second-order valence-corrected chi connectivity index (χ2v) is 10.9. The van der Waals surface area contributed by atoms with E-state index in [-0.39, 0.29) is 10.8 Å². The van der Waals surface area contributed by atoms with Crippen molar-refractivity contribution < 1.29 is 0 Å². The molecule has 0 nitrogen and oxygen atoms in total. The van der Waals surface area contributed by atoms with E-state index in [4.69, 9.17) is 24.2 Å². The van der Waals surface area contributed by atoms with Crippen LogP contribution in [0.4, 0.5) is 0 Å². The molecular formula is C26H35ClS2. The van der Waals surface area contributed by atoms with Gasteiger partial charge in [0.05, 0.1) is 0 Å². The number of hydrogen-bond acceptors (Lipinski definition) is 2. The predicted molar refractivity (Wildman–Crippen MR) is 134 cm³/mol. The molecule has 3 unspecified atom stereocenters. The van der Waals surface area contributed by atoms with E-state index in [1.165, 1.54) is 59.3 Å². The van der Waals surface area contributed by atoms with Crippen molar-refractivity contribution in [3.8, 4) is 11.1 Å². The van der Waals surface area contributed by atoms with Crippen molar-refractivity contribution in [2.75, 3.05) is 6.26 Å². The molecule has 0 fully saturated rings. The van der Waals surface area contributed by atoms with Crippen LogP contribution in [0.2, 0.25) is 0 Å². The van der Waals surface area contributed by atoms with Crippen molar-refractivity contribution in [1.29, 1.82) is 0 Å². The minimum Gasteiger partial charge on any atom is -0.143 e. The summed E-state index contributed by atoms with van der Waals surface area (Å²) in [6, 6.07) is 13.9. The molecule has 0 saturated carbocycles. The average Bonchev–Trinajstić information content (AvgIpc) is 2.96. The standard InChI is InChI=1S/C26H35ClS2/c1-5-18(2)8-6-14-26(15-7-9-19(3)27)24-16-20(28)10-12-22(24)23-13-11-21(29-4)17-25(23)26/h10-13,16-19,28H,5-9,14-15H2,1-4H3. The van der Waals surface area contributed by atoms with Crippen molar-refractivity contribution in [2.24, 2.45) is 5.92 Å². The quantitative estimate of drug-likeness (QED) is 0.216. The molecule has 0 spiro atoms. The van der Waals surface area contributed by atoms with Gasteiger partial charge in [0, 0.05) is 20.6 Å². The first-order valence-corrected chi connectivity index (χ1v) is 13.2. The summed E-state index contributed by atoms with van der Waals surface area (Å²) in [5.41, 5.74) is 5.95. The normalized spacial score (nSPS) is 19.7. The third kappa shape index (κ3) is 5.02. The van der Waals surface area contributed by atoms with Crippen LogP contribution in [0.5, 0.6) is 0 Å². The lowest BCUT2D eigenvalue weighted by atomic mass is 9.70. The van der Waals surface area contributed by atoms with Crippen molar-refractivity contribution >= 4 is 36.0 Å². The molecule has 0 N–H and O–H groups in total. The topological polar surface area (TPSA) is 0 Å². The Balaban J connectivity index is 2.07. The van der Waals surface area contributed by atoms with Crippen molar-refractivity contribution in [3.05, 3.63) is 47.5 Å². The van der Waals surface area contributed by atoms with Gasteiger partial charge in [0.2, 0.25) is 0 Å². The highest BCUT2D eigenvalue weighted by Gasteiger charge is 2.42. The van der Waals surface area contributed by atoms with Gasteiger partial charge in [0.1, 0.15) is 0 Å². The summed E-state index contributed by atoms with van der Waals surface area (Å²) < 4.78 is 0. The Morgan fingerprint density at radius 1 is 0.966 bits per heavy atom. The summed E-state index contributed by atoms with van der Waals surface area (Å²) >= 11 is 12.9. The van der Waals surface area contributed by atoms with E-state index >= 15 is 0 Å². The van der Waals surface area contributed by atoms with Crippen LogP contribution in [0.1, 0.15) is 76.8 Å². The molecule has 0 heterocycles. The van der Waals surface area contributed by atoms with Crippen LogP contribution in [0.3, 0.4) is 0 Å². The van der Waals surface area contributed by atoms with E-state index in [2.05, 4.69) is 63.4 Å². The summed E-state index contributed by atoms with van der Waals surface area (Å²) in [4.78, 5) is 2.43. The van der Waals surface area contributed by atoms with Gasteiger partial charge in [-0.15, -0.1) is 36.0 Å². The molecule has 0 amide bonds. The first kappa shape index (κ1) is 23.1. The number of thiol groups is 1. The summed E-state index contributed by atoms with van der Waals surface area (Å²) in [6.07, 6.45) is 10.6. The first-order chi connectivity index (χ1) is 13.9. The maximum atomic E-state index is 6.33. The fourth-order valence-corrected chi connectivity index (χ4v) is 5.69. The number of benzene rings is 2. The minimum atomic E-state index is 0.0917. The van der Waals surface area contributed by atoms with Gasteiger partial charge in [-0.1, -0.05) is 51.7 Å². The monoisotopic (exact) mass is 446 g/mol. The van der Waals surface area contributed by atoms with Crippen LogP contribution in [0.25, 0.3) is 11.1 Å². The number of rotatable bonds is 10. The van der Waals surface area contributed by atoms with Crippen LogP contribution >= 0.6 is 36.0 Å². The van der Waals surface area contributed by atoms with Crippen LogP contribution < -0.4 is 0 Å². The third-order valence-electron chi connectivity index (χ3n) is 6.75. The molecule has 1 aliphatic rings. The van der Waals surface area contributed by atoms with Gasteiger partial charge in [-0.25, -0.2) is 0 Å². The smallest absolute Gasteiger partial charge is 0.0307 e. The zero-order valence-corrected chi connectivity index (χ0v) is 20.8. The molecule has 0 aromatic heterocycles. The minimum absolute atomic E-state index is 0.0917. The largest absolute Gasteiger partial charge is 0.143 e. The molecule has 0 bridgehead atoms. The second kappa shape index (κ2) is 10.2. The van der Waals surface area contributed by atoms with Crippen molar-refractivity contribution in [2.45, 2.75) is 86.3 Å². The van der Waals surface area contributed by atoms with Gasteiger partial charge in [-0.3, -0.25) is 0 Å². The Kier molecular flexibility index (Phi) is 8.09. The summed E-state index contributed by atoms with van der Waals surface area (Å²) in [6.45, 7) is 6.81. The molecule has 0 saturated heterocycles. The number of alkyl halides is 1. The van der Waals surface area contributed by atoms with E-state index in [1.54, 1.807) is 0 Å². The fraction of sp³-hybridized carbons (Fsp3) is 0.538. The number of thioether (sulfide) groups is 1. The highest BCUT2D eigenvalue weighted by molar-refractivity contribution is 7.98. The van der Waals surface area contributed by atoms with Gasteiger partial charge in [0.25, 0.3) is 0 Å². The van der Waals surface area contributed by atoms with E-state index in [0.29, 0.717) is 0 Å². The molecule has 2 aromatic rings. The number of hydrogen-bond donors (Lipinski definition) is 1. The lowest BCUT2D eigenvalue weighted by Gasteiger charge is -2.33. The Bertz CT molecular complexity index is 829. The van der Waals surface area contributed by atoms with E-state index in [0.717, 1.165) is 23.7 Å². The van der Waals surface area contributed by atoms with Crippen LogP contribution in [-0.4, -0.2) is 11.6 Å². The SMILES string of the molecule is CCC(C)CCCC1(CCCC(C)Cl)c2cc(S)ccc2-c2ccc(SC)cc21. The summed E-state index contributed by atoms with van der Waals surface area (Å²) in [5.74, 6) is 0.795. The molecule has 29 heavy (non-hydrogen) atoms. The second-order valence-electron chi connectivity index (χ2n) is 8.80. The Hall–Kier alpha value is -0.570. The molecular weight excluding hydrogens is 412 g/mol. The number of fused-ring (bicyclic) bond motifs is 3. The zero-order chi connectivity index (χ0) is 21.0. The summed E-state index contributed by atoms with van der Waals surface area (Å²) in [5, 5.41) is 0.237. The molecule has 0 aliphatic heterocycles. The zero-order valence-electron chi connectivity index (χ0n) is 18.3. The van der Waals surface area contributed by atoms with E-state index in [1.807, 2.05) is 11.8 Å². The van der Waals surface area contributed by atoms with E-state index in [9.17, 15) is 0 Å². The third-order valence-corrected chi connectivity index (χ3v) is 7.98. The Labute approximate surface area is 192 Å². The highest BCUT2D eigenvalue weighted by atomic mass is 35.5. The maximum Gasteiger partial charge on any atom is 0.0307 e. The first-order valence-electron chi connectivity index (χ1n) is 11.1. The molecule has 158 valence electrons. The van der Waals surface area contributed by atoms with Gasteiger partial charge >= 0.3 is 0 Å². The van der Waals surface area contributed by atoms with Gasteiger partial charge in [-0.05, 0) is 84.9 Å². The fourth-order valence-electron chi connectivity index (χ4n) is 4.89. The highest BCUT2D eigenvalue weighted by Crippen LogP contribution is 2.55. The van der Waals surface area contributed by atoms with Crippen molar-refractivity contribution in [1.82, 2.24) is 0 Å². The lowest BCUT2D eigenvalue weighted by Crippen LogP contribution is -2.26. The molecule has 2 aromatic carbocycles. The van der Waals surface area contributed by atoms with Crippen LogP contribution in [0.15, 0.2) is 46.2 Å². The molecule has 0 radical (unpaired) electrons. The number of halogens is 1. The molecule has 3 heteroatoms. The summed E-state index contributed by atoms with van der Waals surface area (Å²) in [7, 11) is 0. The van der Waals surface area contributed by atoms with Gasteiger partial charge in [-0.2, -0.15) is 0 Å². The van der Waals surface area contributed by atoms with Gasteiger partial charge in [0.15, 0.2) is 0 Å². The van der Waals surface area contributed by atoms with E-state index < -0.39 is 0 Å². The maximum absolute atomic E-state index is 6.33. The predicted octanol–water partition coefficient (Wildman–Crippen LogP) is 8.98. The molecule has 3 rings (SSSR count). The van der Waals surface area contributed by atoms with Crippen LogP contribution in [-0.2, 0) is 5.41 Å². The average molecular weight is 447 g/mol. The Morgan fingerprint density at radius 2 is 1.59 bits per heavy atom.